The van der Waals surface area contributed by atoms with Gasteiger partial charge in [0, 0.05) is 25.7 Å². The summed E-state index contributed by atoms with van der Waals surface area (Å²) >= 11 is 0. The Kier molecular flexibility index (Phi) is 5.68. The molecule has 0 aliphatic rings. The highest BCUT2D eigenvalue weighted by molar-refractivity contribution is 5.49. The summed E-state index contributed by atoms with van der Waals surface area (Å²) in [5.41, 5.74) is -0.991. The van der Waals surface area contributed by atoms with Gasteiger partial charge in [0.1, 0.15) is 0 Å². The number of rotatable bonds is 7. The van der Waals surface area contributed by atoms with Crippen molar-refractivity contribution in [2.24, 2.45) is 0 Å². The molecule has 0 radical (unpaired) electrons. The first kappa shape index (κ1) is 16.6. The molecule has 0 aliphatic carbocycles. The van der Waals surface area contributed by atoms with E-state index in [1.165, 1.54) is 0 Å². The van der Waals surface area contributed by atoms with E-state index in [1.807, 2.05) is 13.8 Å². The Balaban J connectivity index is 3.08. The van der Waals surface area contributed by atoms with Gasteiger partial charge in [-0.3, -0.25) is 0 Å². The lowest BCUT2D eigenvalue weighted by molar-refractivity contribution is 0.0872. The second-order valence-corrected chi connectivity index (χ2v) is 5.38. The Labute approximate surface area is 118 Å². The predicted octanol–water partition coefficient (Wildman–Crippen LogP) is 2.78. The fraction of sp³-hybridized carbons (Fsp3) is 0.643. The van der Waals surface area contributed by atoms with E-state index in [1.54, 1.807) is 18.7 Å². The van der Waals surface area contributed by atoms with Crippen LogP contribution in [-0.2, 0) is 0 Å². The van der Waals surface area contributed by atoms with E-state index in [0.29, 0.717) is 13.1 Å². The summed E-state index contributed by atoms with van der Waals surface area (Å²) in [7, 11) is 0. The third-order valence-corrected chi connectivity index (χ3v) is 2.71. The van der Waals surface area contributed by atoms with E-state index in [2.05, 4.69) is 10.3 Å². The van der Waals surface area contributed by atoms with Crippen molar-refractivity contribution in [2.75, 3.05) is 29.9 Å². The van der Waals surface area contributed by atoms with Crippen LogP contribution >= 0.6 is 0 Å². The summed E-state index contributed by atoms with van der Waals surface area (Å²) < 4.78 is 27.5. The number of aromatic nitrogens is 1. The zero-order chi connectivity index (χ0) is 15.3. The molecule has 114 valence electrons. The molecular weight excluding hydrogens is 264 g/mol. The first-order valence-corrected chi connectivity index (χ1v) is 6.85. The summed E-state index contributed by atoms with van der Waals surface area (Å²) in [5, 5.41) is 12.7. The van der Waals surface area contributed by atoms with Crippen LogP contribution in [0.25, 0.3) is 0 Å². The van der Waals surface area contributed by atoms with Gasteiger partial charge < -0.3 is 15.3 Å². The number of pyridine rings is 1. The zero-order valence-electron chi connectivity index (χ0n) is 12.5. The van der Waals surface area contributed by atoms with Gasteiger partial charge in [0.15, 0.2) is 23.3 Å². The maximum Gasteiger partial charge on any atom is 0.168 e. The van der Waals surface area contributed by atoms with Gasteiger partial charge in [-0.2, -0.15) is 0 Å². The topological polar surface area (TPSA) is 48.4 Å². The molecule has 0 amide bonds. The summed E-state index contributed by atoms with van der Waals surface area (Å²) in [6.07, 6.45) is 0.814. The standard InChI is InChI=1S/C14H23F2N3O/c1-5-7-17-12-10(15)8-11(16)13(18-12)19(6-2)9-14(3,4)20/h8,20H,5-7,9H2,1-4H3,(H,17,18). The minimum absolute atomic E-state index is 0.0393. The van der Waals surface area contributed by atoms with E-state index in [4.69, 9.17) is 0 Å². The number of likely N-dealkylation sites (N-methyl/N-ethyl adjacent to an activating group) is 1. The molecule has 1 aromatic rings. The highest BCUT2D eigenvalue weighted by atomic mass is 19.1. The lowest BCUT2D eigenvalue weighted by atomic mass is 10.1. The van der Waals surface area contributed by atoms with E-state index in [9.17, 15) is 13.9 Å². The lowest BCUT2D eigenvalue weighted by Crippen LogP contribution is -2.39. The number of halogens is 2. The van der Waals surface area contributed by atoms with E-state index >= 15 is 0 Å². The molecule has 0 saturated carbocycles. The van der Waals surface area contributed by atoms with E-state index in [-0.39, 0.29) is 18.2 Å². The normalized spacial score (nSPS) is 11.6. The van der Waals surface area contributed by atoms with Gasteiger partial charge in [0.05, 0.1) is 5.60 Å². The largest absolute Gasteiger partial charge is 0.389 e. The molecule has 0 aliphatic heterocycles. The molecule has 0 unspecified atom stereocenters. The molecule has 0 spiro atoms. The Morgan fingerprint density at radius 2 is 1.95 bits per heavy atom. The van der Waals surface area contributed by atoms with Gasteiger partial charge in [-0.05, 0) is 27.2 Å². The van der Waals surface area contributed by atoms with Gasteiger partial charge >= 0.3 is 0 Å². The van der Waals surface area contributed by atoms with Crippen molar-refractivity contribution in [2.45, 2.75) is 39.7 Å². The average molecular weight is 287 g/mol. The summed E-state index contributed by atoms with van der Waals surface area (Å²) in [6, 6.07) is 0.827. The molecule has 20 heavy (non-hydrogen) atoms. The maximum atomic E-state index is 13.9. The lowest BCUT2D eigenvalue weighted by Gasteiger charge is -2.29. The van der Waals surface area contributed by atoms with Crippen LogP contribution in [0.2, 0.25) is 0 Å². The van der Waals surface area contributed by atoms with Crippen LogP contribution in [0.1, 0.15) is 34.1 Å². The molecule has 0 bridgehead atoms. The molecule has 6 heteroatoms. The van der Waals surface area contributed by atoms with Crippen LogP contribution in [0.15, 0.2) is 6.07 Å². The number of nitrogens with one attached hydrogen (secondary N) is 1. The zero-order valence-corrected chi connectivity index (χ0v) is 12.5. The molecule has 4 nitrogen and oxygen atoms in total. The highest BCUT2D eigenvalue weighted by Gasteiger charge is 2.22. The third-order valence-electron chi connectivity index (χ3n) is 2.71. The summed E-state index contributed by atoms with van der Waals surface area (Å²) in [6.45, 7) is 8.28. The van der Waals surface area contributed by atoms with Gasteiger partial charge in [-0.15, -0.1) is 0 Å². The minimum Gasteiger partial charge on any atom is -0.389 e. The molecule has 0 atom stereocenters. The molecule has 0 aromatic carbocycles. The number of anilines is 2. The molecule has 1 aromatic heterocycles. The summed E-state index contributed by atoms with van der Waals surface area (Å²) in [5.74, 6) is -1.35. The van der Waals surface area contributed by atoms with E-state index in [0.717, 1.165) is 12.5 Å². The SMILES string of the molecule is CCCNc1nc(N(CC)CC(C)(C)O)c(F)cc1F. The second-order valence-electron chi connectivity index (χ2n) is 5.38. The first-order chi connectivity index (χ1) is 9.28. The fourth-order valence-corrected chi connectivity index (χ4v) is 1.85. The first-order valence-electron chi connectivity index (χ1n) is 6.85. The van der Waals surface area contributed by atoms with Crippen LogP contribution in [0, 0.1) is 11.6 Å². The Hall–Kier alpha value is -1.43. The number of hydrogen-bond acceptors (Lipinski definition) is 4. The van der Waals surface area contributed by atoms with Gasteiger partial charge in [0.25, 0.3) is 0 Å². The molecule has 1 rings (SSSR count). The van der Waals surface area contributed by atoms with Crippen molar-refractivity contribution in [1.82, 2.24) is 4.98 Å². The molecule has 0 saturated heterocycles. The number of hydrogen-bond donors (Lipinski definition) is 2. The van der Waals surface area contributed by atoms with Crippen LogP contribution in [-0.4, -0.2) is 35.3 Å². The van der Waals surface area contributed by atoms with Crippen LogP contribution in [0.3, 0.4) is 0 Å². The molecular formula is C14H23F2N3O. The average Bonchev–Trinajstić information content (AvgIpc) is 2.34. The predicted molar refractivity (Wildman–Crippen MR) is 77.1 cm³/mol. The Morgan fingerprint density at radius 3 is 2.45 bits per heavy atom. The molecule has 2 N–H and O–H groups in total. The Bertz CT molecular complexity index is 447. The third kappa shape index (κ3) is 4.59. The van der Waals surface area contributed by atoms with Gasteiger partial charge in [-0.1, -0.05) is 6.92 Å². The number of aliphatic hydroxyl groups is 1. The van der Waals surface area contributed by atoms with Crippen molar-refractivity contribution in [3.63, 3.8) is 0 Å². The van der Waals surface area contributed by atoms with Crippen LogP contribution < -0.4 is 10.2 Å². The van der Waals surface area contributed by atoms with Gasteiger partial charge in [0.2, 0.25) is 0 Å². The van der Waals surface area contributed by atoms with Crippen LogP contribution in [0.5, 0.6) is 0 Å². The van der Waals surface area contributed by atoms with Gasteiger partial charge in [-0.25, -0.2) is 13.8 Å². The smallest absolute Gasteiger partial charge is 0.168 e. The maximum absolute atomic E-state index is 13.9. The monoisotopic (exact) mass is 287 g/mol. The highest BCUT2D eigenvalue weighted by Crippen LogP contribution is 2.23. The van der Waals surface area contributed by atoms with Crippen molar-refractivity contribution >= 4 is 11.6 Å². The van der Waals surface area contributed by atoms with Crippen molar-refractivity contribution in [3.05, 3.63) is 17.7 Å². The second kappa shape index (κ2) is 6.83. The quantitative estimate of drug-likeness (QED) is 0.809. The van der Waals surface area contributed by atoms with Crippen molar-refractivity contribution < 1.29 is 13.9 Å². The van der Waals surface area contributed by atoms with Crippen LogP contribution in [0.4, 0.5) is 20.4 Å². The van der Waals surface area contributed by atoms with Crippen molar-refractivity contribution in [1.29, 1.82) is 0 Å². The molecule has 1 heterocycles. The minimum atomic E-state index is -0.991. The van der Waals surface area contributed by atoms with Crippen molar-refractivity contribution in [3.8, 4) is 0 Å². The van der Waals surface area contributed by atoms with E-state index < -0.39 is 17.2 Å². The fourth-order valence-electron chi connectivity index (χ4n) is 1.85. The Morgan fingerprint density at radius 1 is 1.30 bits per heavy atom. The number of nitrogens with zero attached hydrogens (tertiary/aromatic N) is 2. The molecule has 0 fully saturated rings. The summed E-state index contributed by atoms with van der Waals surface area (Å²) in [4.78, 5) is 5.61.